The molecule has 0 spiro atoms. The summed E-state index contributed by atoms with van der Waals surface area (Å²) in [6.07, 6.45) is 0. The first-order valence-corrected chi connectivity index (χ1v) is 6.75. The molecule has 0 fully saturated rings. The van der Waals surface area contributed by atoms with Crippen LogP contribution in [0, 0.1) is 0 Å². The Labute approximate surface area is 128 Å². The second-order valence-corrected chi connectivity index (χ2v) is 5.25. The lowest BCUT2D eigenvalue weighted by Gasteiger charge is -2.09. The first kappa shape index (κ1) is 14.6. The van der Waals surface area contributed by atoms with E-state index in [4.69, 9.17) is 16.7 Å². The van der Waals surface area contributed by atoms with Crippen LogP contribution >= 0.6 is 27.5 Å². The number of hydrogen-bond donors (Lipinski definition) is 2. The van der Waals surface area contributed by atoms with Gasteiger partial charge in [0.25, 0.3) is 5.91 Å². The summed E-state index contributed by atoms with van der Waals surface area (Å²) >= 11 is 9.12. The highest BCUT2D eigenvalue weighted by atomic mass is 79.9. The van der Waals surface area contributed by atoms with Gasteiger partial charge in [0, 0.05) is 4.47 Å². The Kier molecular flexibility index (Phi) is 4.42. The van der Waals surface area contributed by atoms with Crippen LogP contribution < -0.4 is 5.32 Å². The highest BCUT2D eigenvalue weighted by Crippen LogP contribution is 2.23. The van der Waals surface area contributed by atoms with Crippen molar-refractivity contribution in [2.24, 2.45) is 0 Å². The molecule has 20 heavy (non-hydrogen) atoms. The maximum absolute atomic E-state index is 12.1. The van der Waals surface area contributed by atoms with Crippen LogP contribution in [0.5, 0.6) is 0 Å². The Morgan fingerprint density at radius 3 is 2.45 bits per heavy atom. The van der Waals surface area contributed by atoms with Crippen molar-refractivity contribution in [3.05, 3.63) is 63.1 Å². The highest BCUT2D eigenvalue weighted by Gasteiger charge is 2.15. The fraction of sp³-hybridized carbons (Fsp3) is 0. The molecule has 0 heterocycles. The summed E-state index contributed by atoms with van der Waals surface area (Å²) in [6, 6.07) is 11.1. The summed E-state index contributed by atoms with van der Waals surface area (Å²) in [7, 11) is 0. The normalized spacial score (nSPS) is 10.1. The van der Waals surface area contributed by atoms with Crippen molar-refractivity contribution in [1.82, 2.24) is 0 Å². The van der Waals surface area contributed by atoms with Crippen molar-refractivity contribution in [3.8, 4) is 0 Å². The average Bonchev–Trinajstić information content (AvgIpc) is 2.41. The third-order valence-corrected chi connectivity index (χ3v) is 3.40. The topological polar surface area (TPSA) is 66.4 Å². The van der Waals surface area contributed by atoms with Gasteiger partial charge in [-0.2, -0.15) is 0 Å². The molecule has 4 nitrogen and oxygen atoms in total. The molecule has 0 unspecified atom stereocenters. The minimum absolute atomic E-state index is 0.000205. The van der Waals surface area contributed by atoms with Crippen LogP contribution in [-0.4, -0.2) is 17.0 Å². The van der Waals surface area contributed by atoms with Gasteiger partial charge in [-0.05, 0) is 30.3 Å². The molecule has 0 saturated heterocycles. The van der Waals surface area contributed by atoms with Crippen LogP contribution in [0.4, 0.5) is 5.69 Å². The zero-order chi connectivity index (χ0) is 14.7. The van der Waals surface area contributed by atoms with Crippen LogP contribution in [0.25, 0.3) is 0 Å². The SMILES string of the molecule is O=C(Nc1ccc(Br)cc1C(=O)O)c1ccccc1Cl. The Morgan fingerprint density at radius 1 is 1.10 bits per heavy atom. The Morgan fingerprint density at radius 2 is 1.80 bits per heavy atom. The number of nitrogens with one attached hydrogen (secondary N) is 1. The second kappa shape index (κ2) is 6.07. The summed E-state index contributed by atoms with van der Waals surface area (Å²) in [6.45, 7) is 0. The first-order valence-electron chi connectivity index (χ1n) is 5.58. The molecular weight excluding hydrogens is 346 g/mol. The van der Waals surface area contributed by atoms with E-state index in [1.165, 1.54) is 12.1 Å². The van der Waals surface area contributed by atoms with Gasteiger partial charge in [-0.15, -0.1) is 0 Å². The zero-order valence-corrected chi connectivity index (χ0v) is 12.4. The summed E-state index contributed by atoms with van der Waals surface area (Å²) in [5, 5.41) is 12.0. The average molecular weight is 355 g/mol. The van der Waals surface area contributed by atoms with Gasteiger partial charge in [0.05, 0.1) is 21.8 Å². The van der Waals surface area contributed by atoms with Crippen molar-refractivity contribution in [2.45, 2.75) is 0 Å². The van der Waals surface area contributed by atoms with Gasteiger partial charge in [0.1, 0.15) is 0 Å². The van der Waals surface area contributed by atoms with Gasteiger partial charge in [0.2, 0.25) is 0 Å². The lowest BCUT2D eigenvalue weighted by Crippen LogP contribution is -2.15. The van der Waals surface area contributed by atoms with Crippen molar-refractivity contribution >= 4 is 45.1 Å². The van der Waals surface area contributed by atoms with E-state index in [0.717, 1.165) is 0 Å². The number of aromatic carboxylic acids is 1. The number of carboxylic acid groups (broad SMARTS) is 1. The lowest BCUT2D eigenvalue weighted by molar-refractivity contribution is 0.0698. The van der Waals surface area contributed by atoms with Gasteiger partial charge in [-0.3, -0.25) is 4.79 Å². The fourth-order valence-electron chi connectivity index (χ4n) is 1.64. The molecule has 0 aliphatic carbocycles. The van der Waals surface area contributed by atoms with Gasteiger partial charge >= 0.3 is 5.97 Å². The minimum atomic E-state index is -1.12. The fourth-order valence-corrected chi connectivity index (χ4v) is 2.22. The number of halogens is 2. The van der Waals surface area contributed by atoms with Crippen molar-refractivity contribution in [3.63, 3.8) is 0 Å². The van der Waals surface area contributed by atoms with E-state index in [1.54, 1.807) is 30.3 Å². The molecule has 1 amide bonds. The first-order chi connectivity index (χ1) is 9.49. The standard InChI is InChI=1S/C14H9BrClNO3/c15-8-5-6-12(10(7-8)14(19)20)17-13(18)9-3-1-2-4-11(9)16/h1-7H,(H,17,18)(H,19,20). The number of benzene rings is 2. The van der Waals surface area contributed by atoms with Crippen LogP contribution in [-0.2, 0) is 0 Å². The molecular formula is C14H9BrClNO3. The summed E-state index contributed by atoms with van der Waals surface area (Å²) < 4.78 is 0.616. The summed E-state index contributed by atoms with van der Waals surface area (Å²) in [5.41, 5.74) is 0.499. The van der Waals surface area contributed by atoms with E-state index in [0.29, 0.717) is 9.50 Å². The minimum Gasteiger partial charge on any atom is -0.478 e. The van der Waals surface area contributed by atoms with Gasteiger partial charge in [-0.25, -0.2) is 4.79 Å². The molecule has 0 saturated carbocycles. The smallest absolute Gasteiger partial charge is 0.337 e. The molecule has 102 valence electrons. The van der Waals surface area contributed by atoms with Crippen LogP contribution in [0.3, 0.4) is 0 Å². The maximum Gasteiger partial charge on any atom is 0.337 e. The van der Waals surface area contributed by atoms with E-state index in [9.17, 15) is 9.59 Å². The molecule has 6 heteroatoms. The van der Waals surface area contributed by atoms with Crippen molar-refractivity contribution in [2.75, 3.05) is 5.32 Å². The maximum atomic E-state index is 12.1. The van der Waals surface area contributed by atoms with Crippen molar-refractivity contribution in [1.29, 1.82) is 0 Å². The van der Waals surface area contributed by atoms with Crippen molar-refractivity contribution < 1.29 is 14.7 Å². The lowest BCUT2D eigenvalue weighted by atomic mass is 10.1. The summed E-state index contributed by atoms with van der Waals surface area (Å²) in [5.74, 6) is -1.58. The van der Waals surface area contributed by atoms with Gasteiger partial charge < -0.3 is 10.4 Å². The number of hydrogen-bond acceptors (Lipinski definition) is 2. The Bertz CT molecular complexity index is 688. The number of amides is 1. The van der Waals surface area contributed by atoms with Crippen LogP contribution in [0.1, 0.15) is 20.7 Å². The van der Waals surface area contributed by atoms with E-state index >= 15 is 0 Å². The van der Waals surface area contributed by atoms with Crippen LogP contribution in [0.2, 0.25) is 5.02 Å². The number of carbonyl (C=O) groups excluding carboxylic acids is 1. The van der Waals surface area contributed by atoms with E-state index < -0.39 is 11.9 Å². The molecule has 0 aromatic heterocycles. The van der Waals surface area contributed by atoms with Crippen LogP contribution in [0.15, 0.2) is 46.9 Å². The number of rotatable bonds is 3. The Balaban J connectivity index is 2.33. The molecule has 2 rings (SSSR count). The molecule has 0 bridgehead atoms. The summed E-state index contributed by atoms with van der Waals surface area (Å²) in [4.78, 5) is 23.3. The van der Waals surface area contributed by atoms with Gasteiger partial charge in [-0.1, -0.05) is 39.7 Å². The molecule has 2 aromatic carbocycles. The quantitative estimate of drug-likeness (QED) is 0.874. The number of carbonyl (C=O) groups is 2. The number of carboxylic acids is 1. The number of anilines is 1. The van der Waals surface area contributed by atoms with E-state index in [-0.39, 0.29) is 16.8 Å². The largest absolute Gasteiger partial charge is 0.478 e. The molecule has 0 atom stereocenters. The molecule has 0 aliphatic rings. The predicted molar refractivity (Wildman–Crippen MR) is 80.5 cm³/mol. The third kappa shape index (κ3) is 3.18. The highest BCUT2D eigenvalue weighted by molar-refractivity contribution is 9.10. The Hall–Kier alpha value is -1.85. The van der Waals surface area contributed by atoms with E-state index in [1.807, 2.05) is 0 Å². The second-order valence-electron chi connectivity index (χ2n) is 3.93. The molecule has 2 aromatic rings. The van der Waals surface area contributed by atoms with E-state index in [2.05, 4.69) is 21.2 Å². The zero-order valence-electron chi connectivity index (χ0n) is 10.1. The molecule has 0 aliphatic heterocycles. The molecule has 2 N–H and O–H groups in total. The molecule has 0 radical (unpaired) electrons. The van der Waals surface area contributed by atoms with Gasteiger partial charge in [0.15, 0.2) is 0 Å². The predicted octanol–water partition coefficient (Wildman–Crippen LogP) is 4.05. The third-order valence-electron chi connectivity index (χ3n) is 2.58. The monoisotopic (exact) mass is 353 g/mol.